The van der Waals surface area contributed by atoms with E-state index in [0.29, 0.717) is 31.7 Å². The maximum absolute atomic E-state index is 13.9. The quantitative estimate of drug-likeness (QED) is 0.374. The number of carbonyl (C=O) groups is 1. The highest BCUT2D eigenvalue weighted by molar-refractivity contribution is 7.20. The van der Waals surface area contributed by atoms with Crippen LogP contribution in [0.4, 0.5) is 10.1 Å². The van der Waals surface area contributed by atoms with Crippen molar-refractivity contribution in [3.05, 3.63) is 87.5 Å². The van der Waals surface area contributed by atoms with Gasteiger partial charge in [-0.05, 0) is 59.5 Å². The molecule has 0 fully saturated rings. The summed E-state index contributed by atoms with van der Waals surface area (Å²) >= 11 is 13.6. The summed E-state index contributed by atoms with van der Waals surface area (Å²) in [5, 5.41) is 4.75. The summed E-state index contributed by atoms with van der Waals surface area (Å²) < 4.78 is 14.9. The maximum Gasteiger partial charge on any atom is 0.265 e. The van der Waals surface area contributed by atoms with Crippen molar-refractivity contribution in [2.75, 3.05) is 5.32 Å². The molecule has 1 aromatic heterocycles. The second-order valence-corrected chi connectivity index (χ2v) is 7.91. The molecule has 0 aliphatic rings. The van der Waals surface area contributed by atoms with Crippen molar-refractivity contribution < 1.29 is 9.18 Å². The van der Waals surface area contributed by atoms with Crippen molar-refractivity contribution in [1.82, 2.24) is 0 Å². The van der Waals surface area contributed by atoms with Gasteiger partial charge in [0.15, 0.2) is 0 Å². The summed E-state index contributed by atoms with van der Waals surface area (Å²) in [5.41, 5.74) is 1.62. The fourth-order valence-electron chi connectivity index (χ4n) is 2.85. The third-order valence-electron chi connectivity index (χ3n) is 4.05. The third-order valence-corrected chi connectivity index (χ3v) is 5.60. The Balaban J connectivity index is 1.72. The molecule has 0 bridgehead atoms. The number of amides is 1. The van der Waals surface area contributed by atoms with E-state index >= 15 is 0 Å². The topological polar surface area (TPSA) is 29.1 Å². The first-order chi connectivity index (χ1) is 13.0. The van der Waals surface area contributed by atoms with Gasteiger partial charge in [0.2, 0.25) is 0 Å². The molecule has 0 spiro atoms. The van der Waals surface area contributed by atoms with Crippen LogP contribution in [0.15, 0.2) is 66.7 Å². The Hall–Kier alpha value is -2.40. The molecule has 0 saturated heterocycles. The lowest BCUT2D eigenvalue weighted by Crippen LogP contribution is -2.11. The van der Waals surface area contributed by atoms with Crippen LogP contribution in [0.2, 0.25) is 10.0 Å². The Labute approximate surface area is 169 Å². The van der Waals surface area contributed by atoms with Crippen LogP contribution in [0.5, 0.6) is 0 Å². The summed E-state index contributed by atoms with van der Waals surface area (Å²) in [7, 11) is 0. The van der Waals surface area contributed by atoms with E-state index in [1.165, 1.54) is 29.5 Å². The molecule has 0 saturated carbocycles. The van der Waals surface area contributed by atoms with Crippen LogP contribution in [-0.4, -0.2) is 5.91 Å². The highest BCUT2D eigenvalue weighted by Crippen LogP contribution is 2.34. The molecule has 0 unspecified atom stereocenters. The maximum atomic E-state index is 13.9. The van der Waals surface area contributed by atoms with E-state index in [1.807, 2.05) is 30.3 Å². The molecule has 3 aromatic carbocycles. The number of anilines is 1. The van der Waals surface area contributed by atoms with Gasteiger partial charge in [0.05, 0.1) is 4.88 Å². The van der Waals surface area contributed by atoms with Crippen LogP contribution in [0, 0.1) is 5.82 Å². The summed E-state index contributed by atoms with van der Waals surface area (Å²) in [6.07, 6.45) is 0. The normalized spacial score (nSPS) is 10.9. The first-order valence-corrected chi connectivity index (χ1v) is 9.63. The summed E-state index contributed by atoms with van der Waals surface area (Å²) in [4.78, 5) is 13.3. The number of benzene rings is 3. The number of hydrogen-bond donors (Lipinski definition) is 1. The molecule has 0 aliphatic carbocycles. The Bertz CT molecular complexity index is 1120. The van der Waals surface area contributed by atoms with Gasteiger partial charge in [-0.1, -0.05) is 41.4 Å². The van der Waals surface area contributed by atoms with Gasteiger partial charge in [-0.25, -0.2) is 4.39 Å². The SMILES string of the molecule is O=C(Nc1ccc(F)cc1-c1cc(Cl)cc(Cl)c1)c1cc2ccccc2s1. The number of rotatable bonds is 3. The summed E-state index contributed by atoms with van der Waals surface area (Å²) in [5.74, 6) is -0.668. The van der Waals surface area contributed by atoms with Crippen molar-refractivity contribution in [2.45, 2.75) is 0 Å². The molecule has 4 rings (SSSR count). The third kappa shape index (κ3) is 3.83. The highest BCUT2D eigenvalue weighted by atomic mass is 35.5. The van der Waals surface area contributed by atoms with Gasteiger partial charge in [-0.2, -0.15) is 0 Å². The molecule has 0 radical (unpaired) electrons. The van der Waals surface area contributed by atoms with E-state index in [4.69, 9.17) is 23.2 Å². The molecular formula is C21H12Cl2FNOS. The van der Waals surface area contributed by atoms with Crippen LogP contribution in [0.25, 0.3) is 21.2 Å². The second kappa shape index (κ2) is 7.31. The molecule has 1 N–H and O–H groups in total. The zero-order chi connectivity index (χ0) is 19.0. The molecule has 1 amide bonds. The minimum Gasteiger partial charge on any atom is -0.321 e. The van der Waals surface area contributed by atoms with Gasteiger partial charge >= 0.3 is 0 Å². The molecular weight excluding hydrogens is 404 g/mol. The van der Waals surface area contributed by atoms with Gasteiger partial charge in [0, 0.05) is 26.0 Å². The molecule has 0 aliphatic heterocycles. The van der Waals surface area contributed by atoms with Crippen LogP contribution >= 0.6 is 34.5 Å². The number of halogens is 3. The van der Waals surface area contributed by atoms with E-state index in [-0.39, 0.29) is 5.91 Å². The van der Waals surface area contributed by atoms with Gasteiger partial charge in [0.1, 0.15) is 5.82 Å². The fraction of sp³-hybridized carbons (Fsp3) is 0. The highest BCUT2D eigenvalue weighted by Gasteiger charge is 2.14. The monoisotopic (exact) mass is 415 g/mol. The fourth-order valence-corrected chi connectivity index (χ4v) is 4.34. The predicted octanol–water partition coefficient (Wildman–Crippen LogP) is 7.27. The van der Waals surface area contributed by atoms with E-state index < -0.39 is 5.82 Å². The van der Waals surface area contributed by atoms with Gasteiger partial charge in [0.25, 0.3) is 5.91 Å². The molecule has 6 heteroatoms. The lowest BCUT2D eigenvalue weighted by molar-refractivity contribution is 0.103. The number of carbonyl (C=O) groups excluding carboxylic acids is 1. The molecule has 0 atom stereocenters. The number of hydrogen-bond acceptors (Lipinski definition) is 2. The average Bonchev–Trinajstić information content (AvgIpc) is 3.06. The Morgan fingerprint density at radius 1 is 0.926 bits per heavy atom. The van der Waals surface area contributed by atoms with Crippen LogP contribution in [0.3, 0.4) is 0 Å². The Kier molecular flexibility index (Phi) is 4.87. The van der Waals surface area contributed by atoms with Crippen LogP contribution in [-0.2, 0) is 0 Å². The van der Waals surface area contributed by atoms with Crippen molar-refractivity contribution in [3.8, 4) is 11.1 Å². The Morgan fingerprint density at radius 3 is 2.41 bits per heavy atom. The lowest BCUT2D eigenvalue weighted by atomic mass is 10.0. The molecule has 4 aromatic rings. The van der Waals surface area contributed by atoms with Crippen LogP contribution in [0.1, 0.15) is 9.67 Å². The number of fused-ring (bicyclic) bond motifs is 1. The van der Waals surface area contributed by atoms with Gasteiger partial charge in [-0.15, -0.1) is 11.3 Å². The number of nitrogens with one attached hydrogen (secondary N) is 1. The summed E-state index contributed by atoms with van der Waals surface area (Å²) in [6.45, 7) is 0. The first-order valence-electron chi connectivity index (χ1n) is 8.05. The molecule has 27 heavy (non-hydrogen) atoms. The first kappa shape index (κ1) is 18.0. The minimum atomic E-state index is -0.416. The second-order valence-electron chi connectivity index (χ2n) is 5.95. The average molecular weight is 416 g/mol. The number of thiophene rings is 1. The lowest BCUT2D eigenvalue weighted by Gasteiger charge is -2.12. The zero-order valence-electron chi connectivity index (χ0n) is 13.8. The molecule has 134 valence electrons. The van der Waals surface area contributed by atoms with E-state index in [2.05, 4.69) is 5.32 Å². The largest absolute Gasteiger partial charge is 0.321 e. The smallest absolute Gasteiger partial charge is 0.265 e. The standard InChI is InChI=1S/C21H12Cl2FNOS/c22-14-7-13(8-15(23)10-14)17-11-16(24)5-6-18(17)25-21(26)20-9-12-3-1-2-4-19(12)27-20/h1-11H,(H,25,26). The van der Waals surface area contributed by atoms with Crippen molar-refractivity contribution in [2.24, 2.45) is 0 Å². The van der Waals surface area contributed by atoms with E-state index in [1.54, 1.807) is 18.2 Å². The van der Waals surface area contributed by atoms with Gasteiger partial charge in [-0.3, -0.25) is 4.79 Å². The molecule has 2 nitrogen and oxygen atoms in total. The minimum absolute atomic E-state index is 0.253. The molecule has 1 heterocycles. The van der Waals surface area contributed by atoms with E-state index in [9.17, 15) is 9.18 Å². The summed E-state index contributed by atoms with van der Waals surface area (Å²) in [6, 6.07) is 18.8. The van der Waals surface area contributed by atoms with Gasteiger partial charge < -0.3 is 5.32 Å². The zero-order valence-corrected chi connectivity index (χ0v) is 16.1. The Morgan fingerprint density at radius 2 is 1.67 bits per heavy atom. The van der Waals surface area contributed by atoms with Crippen molar-refractivity contribution in [1.29, 1.82) is 0 Å². The van der Waals surface area contributed by atoms with Crippen LogP contribution < -0.4 is 5.32 Å². The van der Waals surface area contributed by atoms with Crippen molar-refractivity contribution >= 4 is 56.2 Å². The predicted molar refractivity (Wildman–Crippen MR) is 112 cm³/mol. The van der Waals surface area contributed by atoms with Crippen molar-refractivity contribution in [3.63, 3.8) is 0 Å². The van der Waals surface area contributed by atoms with E-state index in [0.717, 1.165) is 10.1 Å².